The van der Waals surface area contributed by atoms with E-state index in [-0.39, 0.29) is 12.5 Å². The molecule has 3 heterocycles. The van der Waals surface area contributed by atoms with Crippen molar-refractivity contribution in [3.05, 3.63) is 72.9 Å². The maximum Gasteiger partial charge on any atom is 0.246 e. The van der Waals surface area contributed by atoms with Crippen LogP contribution in [0.15, 0.2) is 67.1 Å². The Balaban J connectivity index is 1.30. The zero-order chi connectivity index (χ0) is 21.9. The standard InChI is InChI=1S/C23H22FN7O/c24-17-5-4-6-18(13-17)28-21(32)15-31-23-20(14-27-31)22(25-16-26-23)30-11-9-29(10-12-30)19-7-2-1-3-8-19/h1-8,13-14,16H,9-12,15H2,(H,28,32). The number of para-hydroxylation sites is 1. The molecule has 0 saturated carbocycles. The van der Waals surface area contributed by atoms with Gasteiger partial charge >= 0.3 is 0 Å². The van der Waals surface area contributed by atoms with Gasteiger partial charge in [-0.3, -0.25) is 4.79 Å². The third-order valence-electron chi connectivity index (χ3n) is 5.51. The molecule has 0 radical (unpaired) electrons. The number of halogens is 1. The number of amides is 1. The molecular weight excluding hydrogens is 409 g/mol. The first-order valence-electron chi connectivity index (χ1n) is 10.4. The van der Waals surface area contributed by atoms with Gasteiger partial charge in [0.2, 0.25) is 5.91 Å². The van der Waals surface area contributed by atoms with E-state index in [2.05, 4.69) is 54.4 Å². The molecule has 2 aromatic carbocycles. The van der Waals surface area contributed by atoms with E-state index in [1.165, 1.54) is 28.8 Å². The molecule has 0 atom stereocenters. The van der Waals surface area contributed by atoms with Crippen LogP contribution in [-0.4, -0.2) is 51.8 Å². The molecule has 0 bridgehead atoms. The second kappa shape index (κ2) is 8.62. The van der Waals surface area contributed by atoms with E-state index in [1.54, 1.807) is 18.3 Å². The molecule has 9 heteroatoms. The molecule has 8 nitrogen and oxygen atoms in total. The quantitative estimate of drug-likeness (QED) is 0.524. The number of rotatable bonds is 5. The Bertz CT molecular complexity index is 1240. The van der Waals surface area contributed by atoms with Crippen molar-refractivity contribution in [2.75, 3.05) is 41.3 Å². The smallest absolute Gasteiger partial charge is 0.246 e. The predicted octanol–water partition coefficient (Wildman–Crippen LogP) is 2.93. The van der Waals surface area contributed by atoms with Crippen molar-refractivity contribution in [1.82, 2.24) is 19.7 Å². The van der Waals surface area contributed by atoms with Gasteiger partial charge in [0.15, 0.2) is 5.65 Å². The Morgan fingerprint density at radius 2 is 1.75 bits per heavy atom. The van der Waals surface area contributed by atoms with E-state index in [0.717, 1.165) is 37.4 Å². The van der Waals surface area contributed by atoms with Crippen LogP contribution in [0.2, 0.25) is 0 Å². The summed E-state index contributed by atoms with van der Waals surface area (Å²) in [7, 11) is 0. The Kier molecular flexibility index (Phi) is 5.37. The Labute approximate surface area is 184 Å². The summed E-state index contributed by atoms with van der Waals surface area (Å²) in [4.78, 5) is 25.9. The summed E-state index contributed by atoms with van der Waals surface area (Å²) in [6, 6.07) is 16.2. The summed E-state index contributed by atoms with van der Waals surface area (Å²) in [5.74, 6) is 0.105. The first-order valence-corrected chi connectivity index (χ1v) is 10.4. The highest BCUT2D eigenvalue weighted by atomic mass is 19.1. The monoisotopic (exact) mass is 431 g/mol. The van der Waals surface area contributed by atoms with Crippen LogP contribution in [0.1, 0.15) is 0 Å². The molecule has 4 aromatic rings. The maximum absolute atomic E-state index is 13.4. The number of nitrogens with zero attached hydrogens (tertiary/aromatic N) is 6. The van der Waals surface area contributed by atoms with Gasteiger partial charge in [-0.2, -0.15) is 5.10 Å². The highest BCUT2D eigenvalue weighted by molar-refractivity contribution is 5.92. The normalized spacial score (nSPS) is 14.0. The molecule has 2 aromatic heterocycles. The van der Waals surface area contributed by atoms with Crippen molar-refractivity contribution >= 4 is 34.1 Å². The van der Waals surface area contributed by atoms with Crippen molar-refractivity contribution in [3.8, 4) is 0 Å². The number of anilines is 3. The lowest BCUT2D eigenvalue weighted by molar-refractivity contribution is -0.116. The number of fused-ring (bicyclic) bond motifs is 1. The van der Waals surface area contributed by atoms with Gasteiger partial charge in [0.1, 0.15) is 24.5 Å². The van der Waals surface area contributed by atoms with E-state index < -0.39 is 5.82 Å². The van der Waals surface area contributed by atoms with E-state index in [9.17, 15) is 9.18 Å². The number of aromatic nitrogens is 4. The minimum absolute atomic E-state index is 0.0295. The van der Waals surface area contributed by atoms with Gasteiger partial charge < -0.3 is 15.1 Å². The van der Waals surface area contributed by atoms with E-state index >= 15 is 0 Å². The van der Waals surface area contributed by atoms with Crippen molar-refractivity contribution < 1.29 is 9.18 Å². The molecule has 32 heavy (non-hydrogen) atoms. The molecular formula is C23H22FN7O. The summed E-state index contributed by atoms with van der Waals surface area (Å²) in [6.45, 7) is 3.40. The van der Waals surface area contributed by atoms with Crippen LogP contribution in [0.25, 0.3) is 11.0 Å². The molecule has 1 saturated heterocycles. The van der Waals surface area contributed by atoms with Crippen molar-refractivity contribution in [2.45, 2.75) is 6.54 Å². The van der Waals surface area contributed by atoms with E-state index in [1.807, 2.05) is 6.07 Å². The highest BCUT2D eigenvalue weighted by Gasteiger charge is 2.22. The van der Waals surface area contributed by atoms with Gasteiger partial charge in [-0.25, -0.2) is 19.0 Å². The molecule has 1 fully saturated rings. The fourth-order valence-electron chi connectivity index (χ4n) is 3.97. The van der Waals surface area contributed by atoms with Gasteiger partial charge in [-0.05, 0) is 30.3 Å². The molecule has 0 spiro atoms. The summed E-state index contributed by atoms with van der Waals surface area (Å²) < 4.78 is 14.9. The van der Waals surface area contributed by atoms with Crippen LogP contribution in [-0.2, 0) is 11.3 Å². The van der Waals surface area contributed by atoms with Crippen molar-refractivity contribution in [1.29, 1.82) is 0 Å². The first kappa shape index (κ1) is 19.9. The molecule has 1 amide bonds. The molecule has 0 aliphatic carbocycles. The van der Waals surface area contributed by atoms with Gasteiger partial charge in [-0.1, -0.05) is 24.3 Å². The molecule has 1 aliphatic rings. The molecule has 0 unspecified atom stereocenters. The first-order chi connectivity index (χ1) is 15.7. The summed E-state index contributed by atoms with van der Waals surface area (Å²) in [6.07, 6.45) is 3.20. The lowest BCUT2D eigenvalue weighted by Gasteiger charge is -2.36. The second-order valence-corrected chi connectivity index (χ2v) is 7.60. The minimum atomic E-state index is -0.405. The highest BCUT2D eigenvalue weighted by Crippen LogP contribution is 2.25. The second-order valence-electron chi connectivity index (χ2n) is 7.60. The lowest BCUT2D eigenvalue weighted by atomic mass is 10.2. The van der Waals surface area contributed by atoms with Crippen LogP contribution >= 0.6 is 0 Å². The van der Waals surface area contributed by atoms with Crippen molar-refractivity contribution in [2.24, 2.45) is 0 Å². The van der Waals surface area contributed by atoms with E-state index in [0.29, 0.717) is 11.3 Å². The number of piperazine rings is 1. The number of benzene rings is 2. The van der Waals surface area contributed by atoms with Gasteiger partial charge in [0.25, 0.3) is 0 Å². The third-order valence-corrected chi connectivity index (χ3v) is 5.51. The Hall–Kier alpha value is -4.01. The molecule has 162 valence electrons. The fourth-order valence-corrected chi connectivity index (χ4v) is 3.97. The average molecular weight is 431 g/mol. The van der Waals surface area contributed by atoms with Crippen LogP contribution in [0.3, 0.4) is 0 Å². The van der Waals surface area contributed by atoms with Crippen LogP contribution in [0, 0.1) is 5.82 Å². The van der Waals surface area contributed by atoms with Crippen LogP contribution in [0.5, 0.6) is 0 Å². The number of nitrogens with one attached hydrogen (secondary N) is 1. The Morgan fingerprint density at radius 1 is 0.969 bits per heavy atom. The van der Waals surface area contributed by atoms with Gasteiger partial charge in [-0.15, -0.1) is 0 Å². The SMILES string of the molecule is O=C(Cn1ncc2c(N3CCN(c4ccccc4)CC3)ncnc21)Nc1cccc(F)c1. The number of hydrogen-bond donors (Lipinski definition) is 1. The summed E-state index contributed by atoms with van der Waals surface area (Å²) in [5, 5.41) is 7.84. The fraction of sp³-hybridized carbons (Fsp3) is 0.217. The topological polar surface area (TPSA) is 79.2 Å². The predicted molar refractivity (Wildman–Crippen MR) is 121 cm³/mol. The Morgan fingerprint density at radius 3 is 2.53 bits per heavy atom. The van der Waals surface area contributed by atoms with E-state index in [4.69, 9.17) is 0 Å². The molecule has 1 aliphatic heterocycles. The van der Waals surface area contributed by atoms with Gasteiger partial charge in [0, 0.05) is 37.6 Å². The average Bonchev–Trinajstić information content (AvgIpc) is 3.22. The third kappa shape index (κ3) is 4.09. The number of carbonyl (C=O) groups is 1. The largest absolute Gasteiger partial charge is 0.368 e. The minimum Gasteiger partial charge on any atom is -0.368 e. The van der Waals surface area contributed by atoms with Crippen molar-refractivity contribution in [3.63, 3.8) is 0 Å². The van der Waals surface area contributed by atoms with Crippen LogP contribution in [0.4, 0.5) is 21.6 Å². The number of carbonyl (C=O) groups excluding carboxylic acids is 1. The maximum atomic E-state index is 13.4. The molecule has 1 N–H and O–H groups in total. The zero-order valence-corrected chi connectivity index (χ0v) is 17.4. The summed E-state index contributed by atoms with van der Waals surface area (Å²) in [5.41, 5.74) is 2.21. The zero-order valence-electron chi connectivity index (χ0n) is 17.4. The number of hydrogen-bond acceptors (Lipinski definition) is 6. The van der Waals surface area contributed by atoms with Gasteiger partial charge in [0.05, 0.1) is 11.6 Å². The lowest BCUT2D eigenvalue weighted by Crippen LogP contribution is -2.46. The summed E-state index contributed by atoms with van der Waals surface area (Å²) >= 11 is 0. The van der Waals surface area contributed by atoms with Crippen LogP contribution < -0.4 is 15.1 Å². The molecule has 5 rings (SSSR count).